The Balaban J connectivity index is 3.02. The summed E-state index contributed by atoms with van der Waals surface area (Å²) < 4.78 is 0.831. The van der Waals surface area contributed by atoms with Crippen molar-refractivity contribution in [2.75, 3.05) is 29.9 Å². The zero-order valence-corrected chi connectivity index (χ0v) is 13.0. The summed E-state index contributed by atoms with van der Waals surface area (Å²) in [5.41, 5.74) is -0.765. The van der Waals surface area contributed by atoms with Crippen LogP contribution in [-0.4, -0.2) is 40.3 Å². The molecule has 5 nitrogen and oxygen atoms in total. The van der Waals surface area contributed by atoms with E-state index in [0.717, 1.165) is 29.2 Å². The van der Waals surface area contributed by atoms with E-state index in [1.165, 1.54) is 6.33 Å². The van der Waals surface area contributed by atoms with Crippen LogP contribution in [0.3, 0.4) is 0 Å². The molecule has 0 spiro atoms. The molecular weight excluding hydrogens is 296 g/mol. The summed E-state index contributed by atoms with van der Waals surface area (Å²) in [7, 11) is 0. The molecule has 6 heteroatoms. The summed E-state index contributed by atoms with van der Waals surface area (Å²) in [6.07, 6.45) is 1.53. The van der Waals surface area contributed by atoms with Gasteiger partial charge < -0.3 is 15.3 Å². The van der Waals surface area contributed by atoms with Crippen LogP contribution in [0.5, 0.6) is 0 Å². The number of likely N-dealkylation sites (N-methyl/N-ethyl adjacent to an activating group) is 1. The molecule has 1 heterocycles. The van der Waals surface area contributed by atoms with Gasteiger partial charge in [-0.05, 0) is 43.6 Å². The van der Waals surface area contributed by atoms with Gasteiger partial charge in [-0.1, -0.05) is 0 Å². The molecule has 18 heavy (non-hydrogen) atoms. The first-order valence-electron chi connectivity index (χ1n) is 6.10. The van der Waals surface area contributed by atoms with Crippen LogP contribution < -0.4 is 10.2 Å². The van der Waals surface area contributed by atoms with Gasteiger partial charge in [0.05, 0.1) is 5.60 Å². The van der Waals surface area contributed by atoms with Gasteiger partial charge in [-0.25, -0.2) is 9.97 Å². The average Bonchev–Trinajstić information content (AvgIpc) is 2.28. The van der Waals surface area contributed by atoms with Crippen LogP contribution in [0, 0.1) is 0 Å². The van der Waals surface area contributed by atoms with Crippen molar-refractivity contribution in [3.63, 3.8) is 0 Å². The number of hydrogen-bond acceptors (Lipinski definition) is 5. The molecule has 0 amide bonds. The van der Waals surface area contributed by atoms with Crippen LogP contribution >= 0.6 is 15.9 Å². The number of halogens is 1. The van der Waals surface area contributed by atoms with Crippen molar-refractivity contribution >= 4 is 27.6 Å². The first kappa shape index (κ1) is 15.2. The molecule has 102 valence electrons. The fraction of sp³-hybridized carbons (Fsp3) is 0.667. The van der Waals surface area contributed by atoms with Gasteiger partial charge in [0.25, 0.3) is 0 Å². The van der Waals surface area contributed by atoms with Crippen molar-refractivity contribution in [2.45, 2.75) is 33.3 Å². The van der Waals surface area contributed by atoms with Crippen molar-refractivity contribution in [2.24, 2.45) is 0 Å². The molecule has 0 aliphatic rings. The van der Waals surface area contributed by atoms with E-state index < -0.39 is 5.60 Å². The Hall–Kier alpha value is -0.880. The second-order valence-electron chi connectivity index (χ2n) is 4.72. The van der Waals surface area contributed by atoms with Crippen molar-refractivity contribution in [3.8, 4) is 0 Å². The fourth-order valence-electron chi connectivity index (χ4n) is 1.68. The Bertz CT molecular complexity index is 392. The van der Waals surface area contributed by atoms with Crippen molar-refractivity contribution in [3.05, 3.63) is 10.8 Å². The molecule has 0 atom stereocenters. The first-order valence-corrected chi connectivity index (χ1v) is 6.90. The molecule has 1 aromatic rings. The molecule has 1 rings (SSSR count). The van der Waals surface area contributed by atoms with Crippen LogP contribution in [0.1, 0.15) is 27.7 Å². The predicted molar refractivity (Wildman–Crippen MR) is 78.1 cm³/mol. The largest absolute Gasteiger partial charge is 0.389 e. The summed E-state index contributed by atoms with van der Waals surface area (Å²) in [4.78, 5) is 10.5. The molecule has 0 radical (unpaired) electrons. The van der Waals surface area contributed by atoms with Gasteiger partial charge in [0, 0.05) is 19.6 Å². The minimum Gasteiger partial charge on any atom is -0.389 e. The third kappa shape index (κ3) is 4.10. The molecule has 0 unspecified atom stereocenters. The minimum atomic E-state index is -0.765. The lowest BCUT2D eigenvalue weighted by atomic mass is 10.1. The number of anilines is 2. The summed E-state index contributed by atoms with van der Waals surface area (Å²) in [6.45, 7) is 9.71. The molecule has 0 saturated carbocycles. The van der Waals surface area contributed by atoms with Gasteiger partial charge in [-0.2, -0.15) is 0 Å². The normalized spacial score (nSPS) is 11.4. The Kier molecular flexibility index (Phi) is 5.34. The van der Waals surface area contributed by atoms with E-state index in [4.69, 9.17) is 0 Å². The topological polar surface area (TPSA) is 61.3 Å². The first-order chi connectivity index (χ1) is 8.39. The van der Waals surface area contributed by atoms with E-state index in [-0.39, 0.29) is 0 Å². The van der Waals surface area contributed by atoms with Crippen molar-refractivity contribution in [1.29, 1.82) is 0 Å². The van der Waals surface area contributed by atoms with Gasteiger partial charge >= 0.3 is 0 Å². The number of rotatable bonds is 6. The lowest BCUT2D eigenvalue weighted by molar-refractivity contribution is 0.0874. The average molecular weight is 317 g/mol. The zero-order chi connectivity index (χ0) is 13.8. The van der Waals surface area contributed by atoms with Gasteiger partial charge in [0.1, 0.15) is 22.4 Å². The van der Waals surface area contributed by atoms with E-state index in [0.29, 0.717) is 6.54 Å². The van der Waals surface area contributed by atoms with Crippen molar-refractivity contribution < 1.29 is 5.11 Å². The van der Waals surface area contributed by atoms with Gasteiger partial charge in [-0.15, -0.1) is 0 Å². The lowest BCUT2D eigenvalue weighted by Crippen LogP contribution is -2.39. The highest BCUT2D eigenvalue weighted by molar-refractivity contribution is 9.10. The second kappa shape index (κ2) is 6.33. The number of aromatic nitrogens is 2. The molecule has 0 aliphatic carbocycles. The molecule has 0 fully saturated rings. The van der Waals surface area contributed by atoms with E-state index >= 15 is 0 Å². The Morgan fingerprint density at radius 2 is 2.06 bits per heavy atom. The number of aliphatic hydroxyl groups is 1. The minimum absolute atomic E-state index is 0.519. The smallest absolute Gasteiger partial charge is 0.148 e. The maximum Gasteiger partial charge on any atom is 0.148 e. The van der Waals surface area contributed by atoms with Gasteiger partial charge in [0.15, 0.2) is 0 Å². The standard InChI is InChI=1S/C12H21BrN4O/c1-5-14-10-9(13)11(16-8-15-10)17(6-2)7-12(3,4)18/h8,18H,5-7H2,1-4H3,(H,14,15,16). The molecule has 0 bridgehead atoms. The van der Waals surface area contributed by atoms with Crippen LogP contribution in [0.2, 0.25) is 0 Å². The van der Waals surface area contributed by atoms with E-state index in [9.17, 15) is 5.11 Å². The molecule has 0 saturated heterocycles. The van der Waals surface area contributed by atoms with Crippen LogP contribution in [0.15, 0.2) is 10.8 Å². The number of nitrogens with zero attached hydrogens (tertiary/aromatic N) is 3. The number of nitrogens with one attached hydrogen (secondary N) is 1. The highest BCUT2D eigenvalue weighted by atomic mass is 79.9. The highest BCUT2D eigenvalue weighted by Gasteiger charge is 2.21. The predicted octanol–water partition coefficient (Wildman–Crippen LogP) is 2.27. The highest BCUT2D eigenvalue weighted by Crippen LogP contribution is 2.29. The summed E-state index contributed by atoms with van der Waals surface area (Å²) in [5, 5.41) is 13.1. The maximum absolute atomic E-state index is 9.93. The third-order valence-corrected chi connectivity index (χ3v) is 3.10. The summed E-state index contributed by atoms with van der Waals surface area (Å²) in [6, 6.07) is 0. The summed E-state index contributed by atoms with van der Waals surface area (Å²) in [5.74, 6) is 1.57. The van der Waals surface area contributed by atoms with E-state index in [2.05, 4.69) is 31.2 Å². The molecule has 1 aromatic heterocycles. The quantitative estimate of drug-likeness (QED) is 0.843. The van der Waals surface area contributed by atoms with Crippen LogP contribution in [-0.2, 0) is 0 Å². The Morgan fingerprint density at radius 1 is 1.39 bits per heavy atom. The fourth-order valence-corrected chi connectivity index (χ4v) is 2.27. The van der Waals surface area contributed by atoms with E-state index in [1.807, 2.05) is 18.7 Å². The zero-order valence-electron chi connectivity index (χ0n) is 11.4. The second-order valence-corrected chi connectivity index (χ2v) is 5.51. The van der Waals surface area contributed by atoms with Gasteiger partial charge in [-0.3, -0.25) is 0 Å². The van der Waals surface area contributed by atoms with Crippen LogP contribution in [0.25, 0.3) is 0 Å². The van der Waals surface area contributed by atoms with Crippen molar-refractivity contribution in [1.82, 2.24) is 9.97 Å². The third-order valence-electron chi connectivity index (χ3n) is 2.37. The molecule has 0 aliphatic heterocycles. The molecule has 2 N–H and O–H groups in total. The Morgan fingerprint density at radius 3 is 2.56 bits per heavy atom. The number of hydrogen-bond donors (Lipinski definition) is 2. The van der Waals surface area contributed by atoms with E-state index in [1.54, 1.807) is 13.8 Å². The molecular formula is C12H21BrN4O. The van der Waals surface area contributed by atoms with Gasteiger partial charge in [0.2, 0.25) is 0 Å². The summed E-state index contributed by atoms with van der Waals surface area (Å²) >= 11 is 3.52. The SMILES string of the molecule is CCNc1ncnc(N(CC)CC(C)(C)O)c1Br. The van der Waals surface area contributed by atoms with Crippen LogP contribution in [0.4, 0.5) is 11.6 Å². The monoisotopic (exact) mass is 316 g/mol. The Labute approximate surface area is 117 Å². The molecule has 0 aromatic carbocycles. The maximum atomic E-state index is 9.93. The lowest BCUT2D eigenvalue weighted by Gasteiger charge is -2.29.